The maximum absolute atomic E-state index is 10.1. The van der Waals surface area contributed by atoms with Gasteiger partial charge in [-0.05, 0) is 31.9 Å². The molecule has 1 aliphatic rings. The van der Waals surface area contributed by atoms with Crippen LogP contribution < -0.4 is 0 Å². The van der Waals surface area contributed by atoms with Crippen molar-refractivity contribution in [2.75, 3.05) is 37.9 Å². The van der Waals surface area contributed by atoms with E-state index in [0.29, 0.717) is 11.8 Å². The smallest absolute Gasteiger partial charge is 0.128 e. The van der Waals surface area contributed by atoms with Gasteiger partial charge in [-0.25, -0.2) is 0 Å². The molecule has 0 radical (unpaired) electrons. The van der Waals surface area contributed by atoms with Crippen molar-refractivity contribution in [2.24, 2.45) is 4.99 Å². The fraction of sp³-hybridized carbons (Fsp3) is 0.533. The minimum atomic E-state index is 0.335. The van der Waals surface area contributed by atoms with E-state index in [1.807, 2.05) is 36.9 Å². The van der Waals surface area contributed by atoms with E-state index >= 15 is 0 Å². The van der Waals surface area contributed by atoms with E-state index in [4.69, 9.17) is 4.99 Å². The predicted octanol–water partition coefficient (Wildman–Crippen LogP) is 2.86. The van der Waals surface area contributed by atoms with Gasteiger partial charge in [0, 0.05) is 30.2 Å². The van der Waals surface area contributed by atoms with E-state index in [2.05, 4.69) is 18.2 Å². The SMILES string of the molecule is CSCCN(C)C[C@@H]1CSC(c2cccc(C)c2O)=N1. The Bertz CT molecular complexity index is 491. The van der Waals surface area contributed by atoms with Gasteiger partial charge in [-0.1, -0.05) is 12.1 Å². The number of aryl methyl sites for hydroxylation is 1. The molecule has 0 amide bonds. The lowest BCUT2D eigenvalue weighted by Gasteiger charge is -2.18. The summed E-state index contributed by atoms with van der Waals surface area (Å²) in [5.41, 5.74) is 1.79. The Hall–Kier alpha value is -0.650. The standard InChI is InChI=1S/C15H22N2OS2/c1-11-5-4-6-13(14(11)18)15-16-12(10-20-15)9-17(2)7-8-19-3/h4-6,12,18H,7-10H2,1-3H3/t12-/m1/s1. The summed E-state index contributed by atoms with van der Waals surface area (Å²) >= 11 is 3.62. The monoisotopic (exact) mass is 310 g/mol. The van der Waals surface area contributed by atoms with Crippen molar-refractivity contribution in [3.8, 4) is 5.75 Å². The van der Waals surface area contributed by atoms with Crippen LogP contribution in [0.2, 0.25) is 0 Å². The third-order valence-corrected chi connectivity index (χ3v) is 5.12. The molecule has 0 bridgehead atoms. The molecule has 0 unspecified atom stereocenters. The largest absolute Gasteiger partial charge is 0.507 e. The lowest BCUT2D eigenvalue weighted by atomic mass is 10.1. The molecule has 2 rings (SSSR count). The number of hydrogen-bond donors (Lipinski definition) is 1. The molecule has 0 saturated heterocycles. The number of thioether (sulfide) groups is 2. The summed E-state index contributed by atoms with van der Waals surface area (Å²) in [6.45, 7) is 4.01. The molecule has 0 spiro atoms. The normalized spacial score (nSPS) is 18.6. The first-order valence-electron chi connectivity index (χ1n) is 6.79. The molecule has 20 heavy (non-hydrogen) atoms. The highest BCUT2D eigenvalue weighted by atomic mass is 32.2. The minimum Gasteiger partial charge on any atom is -0.507 e. The second-order valence-electron chi connectivity index (χ2n) is 5.13. The molecule has 1 atom stereocenters. The molecule has 5 heteroatoms. The minimum absolute atomic E-state index is 0.335. The quantitative estimate of drug-likeness (QED) is 0.876. The number of hydrogen-bond acceptors (Lipinski definition) is 5. The van der Waals surface area contributed by atoms with Crippen molar-refractivity contribution in [1.29, 1.82) is 0 Å². The first-order chi connectivity index (χ1) is 9.61. The van der Waals surface area contributed by atoms with E-state index in [1.54, 1.807) is 11.8 Å². The summed E-state index contributed by atoms with van der Waals surface area (Å²) in [5.74, 6) is 2.54. The van der Waals surface area contributed by atoms with Crippen LogP contribution in [-0.2, 0) is 0 Å². The average Bonchev–Trinajstić information content (AvgIpc) is 2.88. The van der Waals surface area contributed by atoms with Gasteiger partial charge in [-0.2, -0.15) is 11.8 Å². The number of likely N-dealkylation sites (N-methyl/N-ethyl adjacent to an activating group) is 1. The van der Waals surface area contributed by atoms with Gasteiger partial charge in [0.15, 0.2) is 0 Å². The lowest BCUT2D eigenvalue weighted by molar-refractivity contribution is 0.340. The average molecular weight is 310 g/mol. The Kier molecular flexibility index (Phi) is 5.81. The van der Waals surface area contributed by atoms with E-state index in [-0.39, 0.29) is 0 Å². The van der Waals surface area contributed by atoms with Gasteiger partial charge in [0.25, 0.3) is 0 Å². The third kappa shape index (κ3) is 3.93. The van der Waals surface area contributed by atoms with Gasteiger partial charge in [-0.15, -0.1) is 11.8 Å². The number of rotatable bonds is 6. The molecule has 0 saturated carbocycles. The van der Waals surface area contributed by atoms with E-state index in [0.717, 1.165) is 40.8 Å². The summed E-state index contributed by atoms with van der Waals surface area (Å²) in [5, 5.41) is 11.1. The van der Waals surface area contributed by atoms with Crippen molar-refractivity contribution in [2.45, 2.75) is 13.0 Å². The second-order valence-corrected chi connectivity index (χ2v) is 7.12. The van der Waals surface area contributed by atoms with Crippen molar-refractivity contribution in [3.05, 3.63) is 29.3 Å². The summed E-state index contributed by atoms with van der Waals surface area (Å²) in [6.07, 6.45) is 2.13. The Labute approximate surface area is 129 Å². The first-order valence-corrected chi connectivity index (χ1v) is 9.16. The maximum Gasteiger partial charge on any atom is 0.128 e. The fourth-order valence-corrected chi connectivity index (χ4v) is 3.75. The van der Waals surface area contributed by atoms with Crippen LogP contribution in [0.25, 0.3) is 0 Å². The van der Waals surface area contributed by atoms with E-state index < -0.39 is 0 Å². The lowest BCUT2D eigenvalue weighted by Crippen LogP contribution is -2.30. The predicted molar refractivity (Wildman–Crippen MR) is 91.5 cm³/mol. The number of aliphatic imine (C=N–C) groups is 1. The van der Waals surface area contributed by atoms with Crippen LogP contribution in [0.5, 0.6) is 5.75 Å². The van der Waals surface area contributed by atoms with Crippen molar-refractivity contribution in [3.63, 3.8) is 0 Å². The van der Waals surface area contributed by atoms with Gasteiger partial charge in [0.1, 0.15) is 10.8 Å². The molecule has 0 fully saturated rings. The number of para-hydroxylation sites is 1. The molecule has 1 heterocycles. The molecule has 110 valence electrons. The van der Waals surface area contributed by atoms with E-state index in [9.17, 15) is 5.11 Å². The Morgan fingerprint density at radius 2 is 2.30 bits per heavy atom. The van der Waals surface area contributed by atoms with Gasteiger partial charge < -0.3 is 10.0 Å². The van der Waals surface area contributed by atoms with Crippen LogP contribution in [-0.4, -0.2) is 59.0 Å². The Morgan fingerprint density at radius 1 is 1.50 bits per heavy atom. The molecular formula is C15H22N2OS2. The third-order valence-electron chi connectivity index (χ3n) is 3.38. The molecule has 3 nitrogen and oxygen atoms in total. The first kappa shape index (κ1) is 15.7. The van der Waals surface area contributed by atoms with Gasteiger partial charge in [0.2, 0.25) is 0 Å². The van der Waals surface area contributed by atoms with E-state index in [1.165, 1.54) is 0 Å². The summed E-state index contributed by atoms with van der Waals surface area (Å²) in [4.78, 5) is 7.12. The van der Waals surface area contributed by atoms with Crippen LogP contribution in [0.1, 0.15) is 11.1 Å². The highest BCUT2D eigenvalue weighted by Gasteiger charge is 2.22. The second kappa shape index (κ2) is 7.38. The Balaban J connectivity index is 2.01. The van der Waals surface area contributed by atoms with Crippen molar-refractivity contribution >= 4 is 28.6 Å². The van der Waals surface area contributed by atoms with Gasteiger partial charge in [-0.3, -0.25) is 4.99 Å². The van der Waals surface area contributed by atoms with Crippen LogP contribution in [0, 0.1) is 6.92 Å². The van der Waals surface area contributed by atoms with Crippen LogP contribution in [0.15, 0.2) is 23.2 Å². The number of benzene rings is 1. The van der Waals surface area contributed by atoms with Crippen LogP contribution in [0.4, 0.5) is 0 Å². The topological polar surface area (TPSA) is 35.8 Å². The summed E-state index contributed by atoms with van der Waals surface area (Å²) in [6, 6.07) is 6.19. The molecule has 1 aliphatic heterocycles. The highest BCUT2D eigenvalue weighted by molar-refractivity contribution is 8.14. The van der Waals surface area contributed by atoms with Crippen LogP contribution >= 0.6 is 23.5 Å². The molecular weight excluding hydrogens is 288 g/mol. The molecule has 1 aromatic carbocycles. The summed E-state index contributed by atoms with van der Waals surface area (Å²) < 4.78 is 0. The Morgan fingerprint density at radius 3 is 3.05 bits per heavy atom. The zero-order valence-corrected chi connectivity index (χ0v) is 13.9. The molecule has 1 aromatic rings. The number of nitrogens with zero attached hydrogens (tertiary/aromatic N) is 2. The molecule has 0 aliphatic carbocycles. The van der Waals surface area contributed by atoms with Gasteiger partial charge in [0.05, 0.1) is 6.04 Å². The fourth-order valence-electron chi connectivity index (χ4n) is 2.19. The van der Waals surface area contributed by atoms with Gasteiger partial charge >= 0.3 is 0 Å². The van der Waals surface area contributed by atoms with Crippen LogP contribution in [0.3, 0.4) is 0 Å². The maximum atomic E-state index is 10.1. The van der Waals surface area contributed by atoms with Crippen molar-refractivity contribution in [1.82, 2.24) is 4.90 Å². The zero-order chi connectivity index (χ0) is 14.5. The molecule has 0 aromatic heterocycles. The molecule has 1 N–H and O–H groups in total. The summed E-state index contributed by atoms with van der Waals surface area (Å²) in [7, 11) is 2.15. The zero-order valence-electron chi connectivity index (χ0n) is 12.3. The number of aromatic hydroxyl groups is 1. The number of phenolic OH excluding ortho intramolecular Hbond substituents is 1. The number of phenols is 1. The highest BCUT2D eigenvalue weighted by Crippen LogP contribution is 2.30. The van der Waals surface area contributed by atoms with Crippen molar-refractivity contribution < 1.29 is 5.11 Å².